The average molecular weight is 384 g/mol. The Balaban J connectivity index is 1.67. The molecule has 2 heterocycles. The van der Waals surface area contributed by atoms with Gasteiger partial charge in [0.1, 0.15) is 0 Å². The standard InChI is InChI=1S/C20H27Cl2NO2/c1-2-3-4-17(20(24)25)14-10-15-6-7-16(11-14)23(15)12-13-5-8-18(21)19(22)9-13/h5,8-9,14-17H,2-4,6-7,10-12H2,1H3,(H,24,25). The minimum absolute atomic E-state index is 0.171. The van der Waals surface area contributed by atoms with Gasteiger partial charge in [-0.2, -0.15) is 0 Å². The molecule has 5 heteroatoms. The van der Waals surface area contributed by atoms with Gasteiger partial charge in [0.2, 0.25) is 0 Å². The van der Waals surface area contributed by atoms with Crippen LogP contribution in [-0.4, -0.2) is 28.1 Å². The maximum atomic E-state index is 11.7. The molecule has 2 fully saturated rings. The van der Waals surface area contributed by atoms with Crippen molar-refractivity contribution in [1.82, 2.24) is 4.90 Å². The van der Waals surface area contributed by atoms with Gasteiger partial charge in [0.05, 0.1) is 16.0 Å². The number of carboxylic acid groups (broad SMARTS) is 1. The summed E-state index contributed by atoms with van der Waals surface area (Å²) in [6.45, 7) is 3.01. The van der Waals surface area contributed by atoms with Gasteiger partial charge >= 0.3 is 5.97 Å². The van der Waals surface area contributed by atoms with Gasteiger partial charge in [-0.05, 0) is 55.7 Å². The summed E-state index contributed by atoms with van der Waals surface area (Å²) >= 11 is 12.2. The van der Waals surface area contributed by atoms with Crippen LogP contribution in [0.4, 0.5) is 0 Å². The summed E-state index contributed by atoms with van der Waals surface area (Å²) < 4.78 is 0. The maximum Gasteiger partial charge on any atom is 0.306 e. The van der Waals surface area contributed by atoms with E-state index in [0.29, 0.717) is 28.0 Å². The van der Waals surface area contributed by atoms with Crippen molar-refractivity contribution in [3.63, 3.8) is 0 Å². The normalized spacial score (nSPS) is 27.4. The molecule has 2 aliphatic rings. The van der Waals surface area contributed by atoms with Gasteiger partial charge in [-0.3, -0.25) is 9.69 Å². The Morgan fingerprint density at radius 1 is 1.24 bits per heavy atom. The fraction of sp³-hybridized carbons (Fsp3) is 0.650. The Bertz CT molecular complexity index is 608. The average Bonchev–Trinajstić information content (AvgIpc) is 2.80. The van der Waals surface area contributed by atoms with E-state index in [-0.39, 0.29) is 5.92 Å². The summed E-state index contributed by atoms with van der Waals surface area (Å²) in [4.78, 5) is 14.3. The molecule has 1 aromatic rings. The van der Waals surface area contributed by atoms with Crippen molar-refractivity contribution in [2.24, 2.45) is 11.8 Å². The molecule has 0 spiro atoms. The molecule has 138 valence electrons. The Morgan fingerprint density at radius 3 is 2.48 bits per heavy atom. The highest BCUT2D eigenvalue weighted by Crippen LogP contribution is 2.43. The topological polar surface area (TPSA) is 40.5 Å². The van der Waals surface area contributed by atoms with E-state index < -0.39 is 5.97 Å². The van der Waals surface area contributed by atoms with Gasteiger partial charge in [-0.1, -0.05) is 49.0 Å². The monoisotopic (exact) mass is 383 g/mol. The van der Waals surface area contributed by atoms with E-state index >= 15 is 0 Å². The maximum absolute atomic E-state index is 11.7. The number of unbranched alkanes of at least 4 members (excludes halogenated alkanes) is 1. The van der Waals surface area contributed by atoms with E-state index in [0.717, 1.165) is 38.6 Å². The van der Waals surface area contributed by atoms with Crippen molar-refractivity contribution in [3.8, 4) is 0 Å². The molecular formula is C20H27Cl2NO2. The summed E-state index contributed by atoms with van der Waals surface area (Å²) in [6, 6.07) is 6.86. The van der Waals surface area contributed by atoms with Gasteiger partial charge in [0.15, 0.2) is 0 Å². The van der Waals surface area contributed by atoms with Crippen LogP contribution in [0.2, 0.25) is 10.0 Å². The lowest BCUT2D eigenvalue weighted by atomic mass is 9.78. The number of piperidine rings is 1. The summed E-state index contributed by atoms with van der Waals surface area (Å²) in [5, 5.41) is 10.9. The van der Waals surface area contributed by atoms with Crippen LogP contribution in [0.3, 0.4) is 0 Å². The first-order chi connectivity index (χ1) is 12.0. The van der Waals surface area contributed by atoms with E-state index in [2.05, 4.69) is 11.8 Å². The number of hydrogen-bond donors (Lipinski definition) is 1. The molecule has 0 radical (unpaired) electrons. The lowest BCUT2D eigenvalue weighted by molar-refractivity contribution is -0.145. The Labute approximate surface area is 160 Å². The molecule has 3 nitrogen and oxygen atoms in total. The van der Waals surface area contributed by atoms with Crippen molar-refractivity contribution in [2.75, 3.05) is 0 Å². The highest BCUT2D eigenvalue weighted by Gasteiger charge is 2.44. The molecule has 2 aliphatic heterocycles. The van der Waals surface area contributed by atoms with Crippen LogP contribution >= 0.6 is 23.2 Å². The fourth-order valence-electron chi connectivity index (χ4n) is 4.74. The van der Waals surface area contributed by atoms with Crippen molar-refractivity contribution in [3.05, 3.63) is 33.8 Å². The number of hydrogen-bond acceptors (Lipinski definition) is 2. The summed E-state index contributed by atoms with van der Waals surface area (Å²) in [5.74, 6) is -0.447. The van der Waals surface area contributed by atoms with Gasteiger partial charge < -0.3 is 5.11 Å². The third kappa shape index (κ3) is 4.32. The lowest BCUT2D eigenvalue weighted by Crippen LogP contribution is -2.45. The minimum atomic E-state index is -0.601. The van der Waals surface area contributed by atoms with Crippen molar-refractivity contribution in [1.29, 1.82) is 0 Å². The number of aliphatic carboxylic acids is 1. The Hall–Kier alpha value is -0.770. The molecule has 3 unspecified atom stereocenters. The molecule has 0 saturated carbocycles. The molecule has 3 atom stereocenters. The van der Waals surface area contributed by atoms with Crippen LogP contribution in [0.15, 0.2) is 18.2 Å². The zero-order valence-electron chi connectivity index (χ0n) is 14.8. The van der Waals surface area contributed by atoms with E-state index in [4.69, 9.17) is 23.2 Å². The highest BCUT2D eigenvalue weighted by molar-refractivity contribution is 6.42. The second kappa shape index (κ2) is 8.28. The fourth-order valence-corrected chi connectivity index (χ4v) is 5.06. The van der Waals surface area contributed by atoms with Gasteiger partial charge in [-0.25, -0.2) is 0 Å². The quantitative estimate of drug-likeness (QED) is 0.663. The molecule has 0 amide bonds. The zero-order chi connectivity index (χ0) is 18.0. The highest BCUT2D eigenvalue weighted by atomic mass is 35.5. The molecule has 1 N–H and O–H groups in total. The molecule has 25 heavy (non-hydrogen) atoms. The zero-order valence-corrected chi connectivity index (χ0v) is 16.3. The predicted molar refractivity (Wildman–Crippen MR) is 102 cm³/mol. The molecule has 3 rings (SSSR count). The smallest absolute Gasteiger partial charge is 0.306 e. The van der Waals surface area contributed by atoms with Crippen molar-refractivity contribution in [2.45, 2.75) is 70.5 Å². The summed E-state index contributed by atoms with van der Waals surface area (Å²) in [6.07, 6.45) is 7.29. The predicted octanol–water partition coefficient (Wildman–Crippen LogP) is 5.63. The second-order valence-electron chi connectivity index (χ2n) is 7.62. The van der Waals surface area contributed by atoms with Crippen LogP contribution in [0.5, 0.6) is 0 Å². The van der Waals surface area contributed by atoms with Crippen LogP contribution in [0, 0.1) is 11.8 Å². The van der Waals surface area contributed by atoms with Crippen LogP contribution in [0.25, 0.3) is 0 Å². The van der Waals surface area contributed by atoms with Gasteiger partial charge in [0, 0.05) is 18.6 Å². The van der Waals surface area contributed by atoms with Gasteiger partial charge in [0.25, 0.3) is 0 Å². The van der Waals surface area contributed by atoms with Crippen molar-refractivity contribution < 1.29 is 9.90 Å². The summed E-state index contributed by atoms with van der Waals surface area (Å²) in [7, 11) is 0. The van der Waals surface area contributed by atoms with E-state index in [1.54, 1.807) is 0 Å². The van der Waals surface area contributed by atoms with E-state index in [1.807, 2.05) is 18.2 Å². The van der Waals surface area contributed by atoms with Crippen LogP contribution in [0.1, 0.15) is 57.4 Å². The third-order valence-electron chi connectivity index (χ3n) is 6.02. The van der Waals surface area contributed by atoms with E-state index in [1.165, 1.54) is 18.4 Å². The number of carbonyl (C=O) groups is 1. The van der Waals surface area contributed by atoms with Crippen LogP contribution in [-0.2, 0) is 11.3 Å². The number of rotatable bonds is 7. The third-order valence-corrected chi connectivity index (χ3v) is 6.76. The number of benzene rings is 1. The number of carboxylic acids is 1. The molecular weight excluding hydrogens is 357 g/mol. The molecule has 0 aliphatic carbocycles. The molecule has 2 bridgehead atoms. The first kappa shape index (κ1) is 19.0. The molecule has 0 aromatic heterocycles. The second-order valence-corrected chi connectivity index (χ2v) is 8.44. The SMILES string of the molecule is CCCCC(C(=O)O)C1CC2CCC(C1)N2Cc1ccc(Cl)c(Cl)c1. The van der Waals surface area contributed by atoms with E-state index in [9.17, 15) is 9.90 Å². The molecule has 1 aromatic carbocycles. The summed E-state index contributed by atoms with van der Waals surface area (Å²) in [5.41, 5.74) is 1.19. The number of nitrogens with zero attached hydrogens (tertiary/aromatic N) is 1. The van der Waals surface area contributed by atoms with Crippen molar-refractivity contribution >= 4 is 29.2 Å². The Morgan fingerprint density at radius 2 is 1.92 bits per heavy atom. The lowest BCUT2D eigenvalue weighted by Gasteiger charge is -2.41. The minimum Gasteiger partial charge on any atom is -0.481 e. The number of halogens is 2. The first-order valence-electron chi connectivity index (χ1n) is 9.42. The largest absolute Gasteiger partial charge is 0.481 e. The first-order valence-corrected chi connectivity index (χ1v) is 10.2. The van der Waals surface area contributed by atoms with Crippen LogP contribution < -0.4 is 0 Å². The number of fused-ring (bicyclic) bond motifs is 2. The Kier molecular flexibility index (Phi) is 6.30. The van der Waals surface area contributed by atoms with Gasteiger partial charge in [-0.15, -0.1) is 0 Å². The molecule has 2 saturated heterocycles.